The number of amides is 1. The molecule has 1 aromatic carbocycles. The number of carbonyl (C=O) groups excluding carboxylic acids is 1. The molecule has 4 nitrogen and oxygen atoms in total. The normalized spacial score (nSPS) is 18.6. The van der Waals surface area contributed by atoms with Gasteiger partial charge in [-0.05, 0) is 57.5 Å². The number of ether oxygens (including phenoxy) is 1. The second-order valence-corrected chi connectivity index (χ2v) is 5.82. The van der Waals surface area contributed by atoms with Crippen LogP contribution in [0.1, 0.15) is 36.0 Å². The Labute approximate surface area is 131 Å². The van der Waals surface area contributed by atoms with Gasteiger partial charge in [-0.2, -0.15) is 0 Å². The lowest BCUT2D eigenvalue weighted by Crippen LogP contribution is -2.44. The van der Waals surface area contributed by atoms with Crippen LogP contribution in [-0.2, 0) is 0 Å². The van der Waals surface area contributed by atoms with Gasteiger partial charge in [0.25, 0.3) is 5.91 Å². The van der Waals surface area contributed by atoms with E-state index < -0.39 is 0 Å². The van der Waals surface area contributed by atoms with Crippen molar-refractivity contribution in [2.24, 2.45) is 0 Å². The van der Waals surface area contributed by atoms with Crippen molar-refractivity contribution in [3.63, 3.8) is 0 Å². The van der Waals surface area contributed by atoms with Crippen LogP contribution in [0, 0.1) is 0 Å². The van der Waals surface area contributed by atoms with E-state index >= 15 is 0 Å². The van der Waals surface area contributed by atoms with Crippen molar-refractivity contribution in [1.29, 1.82) is 0 Å². The maximum Gasteiger partial charge on any atom is 0.257 e. The number of methoxy groups -OCH3 is 1. The molecule has 1 aliphatic heterocycles. The topological polar surface area (TPSA) is 41.6 Å². The number of hydrogen-bond acceptors (Lipinski definition) is 3. The molecule has 0 aromatic heterocycles. The second kappa shape index (κ2) is 7.66. The summed E-state index contributed by atoms with van der Waals surface area (Å²) in [5.74, 6) is 0.592. The van der Waals surface area contributed by atoms with Crippen molar-refractivity contribution in [2.45, 2.75) is 31.7 Å². The summed E-state index contributed by atoms with van der Waals surface area (Å²) in [5.41, 5.74) is 0.596. The highest BCUT2D eigenvalue weighted by Crippen LogP contribution is 2.28. The number of piperidine rings is 1. The average molecular weight is 311 g/mol. The zero-order valence-electron chi connectivity index (χ0n) is 12.7. The molecule has 1 aliphatic rings. The molecule has 0 bridgehead atoms. The minimum absolute atomic E-state index is 0.0457. The fraction of sp³-hybridized carbons (Fsp3) is 0.562. The van der Waals surface area contributed by atoms with Crippen LogP contribution in [0.15, 0.2) is 18.2 Å². The van der Waals surface area contributed by atoms with Crippen molar-refractivity contribution in [3.05, 3.63) is 28.8 Å². The molecule has 2 rings (SSSR count). The van der Waals surface area contributed by atoms with Gasteiger partial charge in [-0.1, -0.05) is 11.6 Å². The molecular formula is C16H23ClN2O2. The van der Waals surface area contributed by atoms with Crippen molar-refractivity contribution >= 4 is 17.5 Å². The lowest BCUT2D eigenvalue weighted by molar-refractivity contribution is 0.0599. The number of halogens is 1. The van der Waals surface area contributed by atoms with Gasteiger partial charge >= 0.3 is 0 Å². The van der Waals surface area contributed by atoms with Crippen LogP contribution in [0.2, 0.25) is 5.02 Å². The predicted octanol–water partition coefficient (Wildman–Crippen LogP) is 2.95. The van der Waals surface area contributed by atoms with Gasteiger partial charge in [0.15, 0.2) is 0 Å². The quantitative estimate of drug-likeness (QED) is 0.909. The van der Waals surface area contributed by atoms with E-state index in [1.54, 1.807) is 25.3 Å². The first-order valence-electron chi connectivity index (χ1n) is 7.46. The molecule has 5 heteroatoms. The minimum atomic E-state index is 0.0457. The molecule has 1 fully saturated rings. The van der Waals surface area contributed by atoms with Gasteiger partial charge in [-0.25, -0.2) is 0 Å². The number of benzene rings is 1. The van der Waals surface area contributed by atoms with E-state index in [-0.39, 0.29) is 5.91 Å². The maximum atomic E-state index is 12.8. The molecular weight excluding hydrogens is 288 g/mol. The van der Waals surface area contributed by atoms with Crippen LogP contribution in [0.3, 0.4) is 0 Å². The van der Waals surface area contributed by atoms with E-state index in [1.807, 2.05) is 11.9 Å². The molecule has 1 aromatic rings. The van der Waals surface area contributed by atoms with Gasteiger partial charge in [-0.3, -0.25) is 4.79 Å². The minimum Gasteiger partial charge on any atom is -0.496 e. The van der Waals surface area contributed by atoms with Gasteiger partial charge < -0.3 is 15.0 Å². The number of rotatable bonds is 5. The first kappa shape index (κ1) is 16.1. The molecule has 21 heavy (non-hydrogen) atoms. The van der Waals surface area contributed by atoms with E-state index in [0.717, 1.165) is 32.4 Å². The summed E-state index contributed by atoms with van der Waals surface area (Å²) in [6, 6.07) is 5.50. The Balaban J connectivity index is 2.20. The zero-order valence-corrected chi connectivity index (χ0v) is 13.4. The zero-order chi connectivity index (χ0) is 15.2. The smallest absolute Gasteiger partial charge is 0.257 e. The number of likely N-dealkylation sites (tertiary alicyclic amines) is 1. The van der Waals surface area contributed by atoms with E-state index in [0.29, 0.717) is 22.4 Å². The third-order valence-electron chi connectivity index (χ3n) is 4.01. The number of nitrogens with zero attached hydrogens (tertiary/aromatic N) is 1. The second-order valence-electron chi connectivity index (χ2n) is 5.38. The Hall–Kier alpha value is -1.26. The van der Waals surface area contributed by atoms with E-state index in [1.165, 1.54) is 6.42 Å². The summed E-state index contributed by atoms with van der Waals surface area (Å²) in [6.07, 6.45) is 4.31. The fourth-order valence-corrected chi connectivity index (χ4v) is 3.04. The predicted molar refractivity (Wildman–Crippen MR) is 85.2 cm³/mol. The summed E-state index contributed by atoms with van der Waals surface area (Å²) in [7, 11) is 3.51. The molecule has 0 spiro atoms. The summed E-state index contributed by atoms with van der Waals surface area (Å²) in [5, 5.41) is 3.74. The monoisotopic (exact) mass is 310 g/mol. The van der Waals surface area contributed by atoms with Crippen molar-refractivity contribution in [1.82, 2.24) is 10.2 Å². The Morgan fingerprint density at radius 2 is 2.29 bits per heavy atom. The van der Waals surface area contributed by atoms with Crippen LogP contribution in [0.25, 0.3) is 0 Å². The summed E-state index contributed by atoms with van der Waals surface area (Å²) in [6.45, 7) is 1.74. The fourth-order valence-electron chi connectivity index (χ4n) is 2.88. The first-order valence-corrected chi connectivity index (χ1v) is 7.84. The van der Waals surface area contributed by atoms with Crippen molar-refractivity contribution < 1.29 is 9.53 Å². The lowest BCUT2D eigenvalue weighted by atomic mass is 9.98. The van der Waals surface area contributed by atoms with Crippen LogP contribution in [0.4, 0.5) is 0 Å². The van der Waals surface area contributed by atoms with Gasteiger partial charge in [-0.15, -0.1) is 0 Å². The summed E-state index contributed by atoms with van der Waals surface area (Å²) in [4.78, 5) is 14.8. The highest BCUT2D eigenvalue weighted by molar-refractivity contribution is 6.30. The van der Waals surface area contributed by atoms with Crippen LogP contribution < -0.4 is 10.1 Å². The van der Waals surface area contributed by atoms with Crippen molar-refractivity contribution in [3.8, 4) is 5.75 Å². The van der Waals surface area contributed by atoms with E-state index in [2.05, 4.69) is 5.32 Å². The molecule has 1 amide bonds. The molecule has 116 valence electrons. The average Bonchev–Trinajstić information content (AvgIpc) is 2.52. The molecule has 1 heterocycles. The molecule has 0 radical (unpaired) electrons. The SMILES string of the molecule is CNCCC1CCCCN1C(=O)c1ccc(Cl)cc1OC. The molecule has 1 N–H and O–H groups in total. The largest absolute Gasteiger partial charge is 0.496 e. The van der Waals surface area contributed by atoms with Crippen LogP contribution in [0.5, 0.6) is 5.75 Å². The van der Waals surface area contributed by atoms with Crippen LogP contribution in [-0.4, -0.2) is 44.1 Å². The Kier molecular flexibility index (Phi) is 5.88. The molecule has 0 saturated carbocycles. The highest BCUT2D eigenvalue weighted by atomic mass is 35.5. The van der Waals surface area contributed by atoms with Gasteiger partial charge in [0.1, 0.15) is 5.75 Å². The standard InChI is InChI=1S/C16H23ClN2O2/c1-18-9-8-13-5-3-4-10-19(13)16(20)14-7-6-12(17)11-15(14)21-2/h6-7,11,13,18H,3-5,8-10H2,1-2H3. The Morgan fingerprint density at radius 3 is 3.00 bits per heavy atom. The molecule has 1 saturated heterocycles. The molecule has 1 atom stereocenters. The van der Waals surface area contributed by atoms with Gasteiger partial charge in [0.2, 0.25) is 0 Å². The number of hydrogen-bond donors (Lipinski definition) is 1. The molecule has 0 aliphatic carbocycles. The van der Waals surface area contributed by atoms with Crippen LogP contribution >= 0.6 is 11.6 Å². The van der Waals surface area contributed by atoms with Crippen molar-refractivity contribution in [2.75, 3.05) is 27.2 Å². The van der Waals surface area contributed by atoms with Gasteiger partial charge in [0.05, 0.1) is 12.7 Å². The summed E-state index contributed by atoms with van der Waals surface area (Å²) >= 11 is 5.97. The Morgan fingerprint density at radius 1 is 1.48 bits per heavy atom. The number of carbonyl (C=O) groups is 1. The first-order chi connectivity index (χ1) is 10.2. The molecule has 1 unspecified atom stereocenters. The number of nitrogens with one attached hydrogen (secondary N) is 1. The highest BCUT2D eigenvalue weighted by Gasteiger charge is 2.28. The maximum absolute atomic E-state index is 12.8. The van der Waals surface area contributed by atoms with Gasteiger partial charge in [0, 0.05) is 17.6 Å². The third-order valence-corrected chi connectivity index (χ3v) is 4.24. The third kappa shape index (κ3) is 3.89. The van der Waals surface area contributed by atoms with E-state index in [4.69, 9.17) is 16.3 Å². The lowest BCUT2D eigenvalue weighted by Gasteiger charge is -2.36. The summed E-state index contributed by atoms with van der Waals surface area (Å²) < 4.78 is 5.31. The van der Waals surface area contributed by atoms with E-state index in [9.17, 15) is 4.79 Å². The Bertz CT molecular complexity index is 493.